The Labute approximate surface area is 113 Å². The van der Waals surface area contributed by atoms with Crippen LogP contribution in [0.2, 0.25) is 0 Å². The molecular formula is C12H23N5O2. The van der Waals surface area contributed by atoms with E-state index in [2.05, 4.69) is 27.6 Å². The maximum absolute atomic E-state index is 9.02. The predicted molar refractivity (Wildman–Crippen MR) is 74.8 cm³/mol. The Kier molecular flexibility index (Phi) is 7.09. The molecule has 0 saturated carbocycles. The maximum Gasteiger partial charge on any atom is 0.145 e. The van der Waals surface area contributed by atoms with Gasteiger partial charge >= 0.3 is 0 Å². The summed E-state index contributed by atoms with van der Waals surface area (Å²) < 4.78 is 5.11. The third-order valence-corrected chi connectivity index (χ3v) is 2.59. The number of ether oxygens (including phenoxy) is 1. The van der Waals surface area contributed by atoms with Crippen LogP contribution in [0.4, 0.5) is 11.6 Å². The highest BCUT2D eigenvalue weighted by molar-refractivity contribution is 5.47. The van der Waals surface area contributed by atoms with E-state index in [9.17, 15) is 0 Å². The lowest BCUT2D eigenvalue weighted by Crippen LogP contribution is -2.27. The zero-order valence-corrected chi connectivity index (χ0v) is 11.5. The Morgan fingerprint density at radius 2 is 2.16 bits per heavy atom. The third-order valence-electron chi connectivity index (χ3n) is 2.59. The van der Waals surface area contributed by atoms with Crippen LogP contribution >= 0.6 is 0 Å². The zero-order valence-electron chi connectivity index (χ0n) is 11.5. The molecule has 1 aromatic heterocycles. The normalized spacial score (nSPS) is 12.2. The fourth-order valence-electron chi connectivity index (χ4n) is 1.74. The van der Waals surface area contributed by atoms with Gasteiger partial charge in [-0.05, 0) is 12.8 Å². The smallest absolute Gasteiger partial charge is 0.145 e. The summed E-state index contributed by atoms with van der Waals surface area (Å²) in [6.45, 7) is 2.66. The minimum Gasteiger partial charge on any atom is -0.396 e. The lowest BCUT2D eigenvalue weighted by molar-refractivity contribution is 0.170. The van der Waals surface area contributed by atoms with Crippen LogP contribution in [0.1, 0.15) is 25.6 Å². The van der Waals surface area contributed by atoms with E-state index in [-0.39, 0.29) is 12.6 Å². The Morgan fingerprint density at radius 1 is 1.42 bits per heavy atom. The Balaban J connectivity index is 2.81. The summed E-state index contributed by atoms with van der Waals surface area (Å²) in [6.07, 6.45) is 2.34. The molecule has 108 valence electrons. The lowest BCUT2D eigenvalue weighted by atomic mass is 10.2. The monoisotopic (exact) mass is 269 g/mol. The van der Waals surface area contributed by atoms with E-state index < -0.39 is 0 Å². The number of nitrogens with zero attached hydrogens (tertiary/aromatic N) is 2. The van der Waals surface area contributed by atoms with Crippen LogP contribution in [0.15, 0.2) is 6.07 Å². The maximum atomic E-state index is 9.02. The van der Waals surface area contributed by atoms with Crippen molar-refractivity contribution in [2.45, 2.75) is 32.2 Å². The number of nitrogens with one attached hydrogen (secondary N) is 2. The largest absolute Gasteiger partial charge is 0.396 e. The Morgan fingerprint density at radius 3 is 2.74 bits per heavy atom. The first-order chi connectivity index (χ1) is 9.23. The predicted octanol–water partition coefficient (Wildman–Crippen LogP) is 0.524. The highest BCUT2D eigenvalue weighted by atomic mass is 16.5. The molecule has 1 rings (SSSR count). The van der Waals surface area contributed by atoms with E-state index in [0.29, 0.717) is 24.7 Å². The van der Waals surface area contributed by atoms with Crippen molar-refractivity contribution in [3.63, 3.8) is 0 Å². The number of aliphatic hydroxyl groups is 1. The first-order valence-electron chi connectivity index (χ1n) is 6.44. The Bertz CT molecular complexity index is 369. The van der Waals surface area contributed by atoms with Crippen molar-refractivity contribution in [1.82, 2.24) is 9.97 Å². The minimum atomic E-state index is 0.00463. The summed E-state index contributed by atoms with van der Waals surface area (Å²) in [4.78, 5) is 8.69. The molecule has 1 aromatic rings. The molecule has 0 radical (unpaired) electrons. The van der Waals surface area contributed by atoms with Crippen LogP contribution in [-0.4, -0.2) is 41.4 Å². The summed E-state index contributed by atoms with van der Waals surface area (Å²) in [5, 5.41) is 12.2. The molecule has 7 nitrogen and oxygen atoms in total. The standard InChI is InChI=1S/C12H23N5O2/c1-3-4-10-15-11(7-12(16-10)17-13)14-9(5-6-18)8-19-2/h7,9,18H,3-6,8,13H2,1-2H3,(H2,14,15,16,17). The van der Waals surface area contributed by atoms with Crippen LogP contribution in [0, 0.1) is 0 Å². The molecule has 0 aliphatic heterocycles. The van der Waals surface area contributed by atoms with Crippen LogP contribution < -0.4 is 16.6 Å². The van der Waals surface area contributed by atoms with Crippen molar-refractivity contribution in [1.29, 1.82) is 0 Å². The molecule has 0 spiro atoms. The topological polar surface area (TPSA) is 105 Å². The summed E-state index contributed by atoms with van der Waals surface area (Å²) in [7, 11) is 1.63. The van der Waals surface area contributed by atoms with Gasteiger partial charge in [0.15, 0.2) is 0 Å². The number of aliphatic hydroxyl groups excluding tert-OH is 1. The molecule has 7 heteroatoms. The molecule has 0 aliphatic rings. The number of aromatic nitrogens is 2. The molecule has 0 fully saturated rings. The van der Waals surface area contributed by atoms with E-state index in [0.717, 1.165) is 18.7 Å². The first kappa shape index (κ1) is 15.6. The first-order valence-corrected chi connectivity index (χ1v) is 6.44. The van der Waals surface area contributed by atoms with Crippen molar-refractivity contribution in [2.24, 2.45) is 5.84 Å². The molecule has 0 amide bonds. The molecule has 19 heavy (non-hydrogen) atoms. The summed E-state index contributed by atoms with van der Waals surface area (Å²) in [6, 6.07) is 1.74. The number of hydrogen-bond donors (Lipinski definition) is 4. The minimum absolute atomic E-state index is 0.00463. The zero-order chi connectivity index (χ0) is 14.1. The summed E-state index contributed by atoms with van der Waals surface area (Å²) in [5.41, 5.74) is 2.53. The van der Waals surface area contributed by atoms with E-state index in [1.165, 1.54) is 0 Å². The molecular weight excluding hydrogens is 246 g/mol. The molecule has 0 saturated heterocycles. The van der Waals surface area contributed by atoms with Gasteiger partial charge in [0, 0.05) is 26.2 Å². The van der Waals surface area contributed by atoms with Gasteiger partial charge in [0.2, 0.25) is 0 Å². The quantitative estimate of drug-likeness (QED) is 0.382. The van der Waals surface area contributed by atoms with Gasteiger partial charge in [-0.2, -0.15) is 0 Å². The van der Waals surface area contributed by atoms with Gasteiger partial charge in [-0.1, -0.05) is 6.92 Å². The number of rotatable bonds is 9. The molecule has 1 atom stereocenters. The van der Waals surface area contributed by atoms with Gasteiger partial charge in [-0.15, -0.1) is 0 Å². The Hall–Kier alpha value is -1.44. The number of hydrazine groups is 1. The molecule has 0 bridgehead atoms. The second-order valence-electron chi connectivity index (χ2n) is 4.26. The molecule has 0 aliphatic carbocycles. The number of nitrogens with two attached hydrogens (primary N) is 1. The van der Waals surface area contributed by atoms with Gasteiger partial charge in [-0.3, -0.25) is 0 Å². The van der Waals surface area contributed by atoms with Crippen LogP contribution in [0.25, 0.3) is 0 Å². The van der Waals surface area contributed by atoms with Gasteiger partial charge in [0.25, 0.3) is 0 Å². The van der Waals surface area contributed by atoms with Crippen molar-refractivity contribution >= 4 is 11.6 Å². The molecule has 5 N–H and O–H groups in total. The van der Waals surface area contributed by atoms with Gasteiger partial charge in [0.1, 0.15) is 17.5 Å². The van der Waals surface area contributed by atoms with Gasteiger partial charge in [0.05, 0.1) is 12.6 Å². The number of anilines is 2. The number of nitrogen functional groups attached to an aromatic ring is 1. The fourth-order valence-corrected chi connectivity index (χ4v) is 1.74. The third kappa shape index (κ3) is 5.37. The molecule has 1 heterocycles. The highest BCUT2D eigenvalue weighted by Gasteiger charge is 2.10. The average Bonchev–Trinajstić information content (AvgIpc) is 2.39. The molecule has 0 aromatic carbocycles. The van der Waals surface area contributed by atoms with Crippen LogP contribution in [-0.2, 0) is 11.2 Å². The van der Waals surface area contributed by atoms with E-state index in [1.807, 2.05) is 0 Å². The number of hydrogen-bond acceptors (Lipinski definition) is 7. The van der Waals surface area contributed by atoms with Crippen LogP contribution in [0.5, 0.6) is 0 Å². The van der Waals surface area contributed by atoms with Crippen molar-refractivity contribution in [3.05, 3.63) is 11.9 Å². The number of aryl methyl sites for hydroxylation is 1. The summed E-state index contributed by atoms with van der Waals surface area (Å²) >= 11 is 0. The average molecular weight is 269 g/mol. The second-order valence-corrected chi connectivity index (χ2v) is 4.26. The van der Waals surface area contributed by atoms with E-state index in [1.54, 1.807) is 13.2 Å². The van der Waals surface area contributed by atoms with Crippen molar-refractivity contribution in [3.8, 4) is 0 Å². The highest BCUT2D eigenvalue weighted by Crippen LogP contribution is 2.13. The van der Waals surface area contributed by atoms with Gasteiger partial charge < -0.3 is 20.6 Å². The van der Waals surface area contributed by atoms with Crippen LogP contribution in [0.3, 0.4) is 0 Å². The van der Waals surface area contributed by atoms with E-state index >= 15 is 0 Å². The fraction of sp³-hybridized carbons (Fsp3) is 0.667. The van der Waals surface area contributed by atoms with Gasteiger partial charge in [-0.25, -0.2) is 15.8 Å². The second kappa shape index (κ2) is 8.63. The SMILES string of the molecule is CCCc1nc(NN)cc(NC(CCO)COC)n1. The van der Waals surface area contributed by atoms with Crippen molar-refractivity contribution < 1.29 is 9.84 Å². The van der Waals surface area contributed by atoms with Crippen molar-refractivity contribution in [2.75, 3.05) is 31.1 Å². The molecule has 1 unspecified atom stereocenters. The summed E-state index contributed by atoms with van der Waals surface area (Å²) in [5.74, 6) is 7.39. The number of methoxy groups -OCH3 is 1. The lowest BCUT2D eigenvalue weighted by Gasteiger charge is -2.18. The van der Waals surface area contributed by atoms with E-state index in [4.69, 9.17) is 15.7 Å².